The van der Waals surface area contributed by atoms with Crippen molar-refractivity contribution in [1.82, 2.24) is 15.3 Å². The minimum Gasteiger partial charge on any atom is -0.378 e. The highest BCUT2D eigenvalue weighted by molar-refractivity contribution is 5.93. The van der Waals surface area contributed by atoms with E-state index in [9.17, 15) is 9.18 Å². The van der Waals surface area contributed by atoms with Gasteiger partial charge in [-0.2, -0.15) is 0 Å². The van der Waals surface area contributed by atoms with Crippen molar-refractivity contribution in [3.63, 3.8) is 0 Å². The van der Waals surface area contributed by atoms with Crippen LogP contribution in [-0.4, -0.2) is 48.7 Å². The Morgan fingerprint density at radius 3 is 2.50 bits per heavy atom. The van der Waals surface area contributed by atoms with E-state index in [1.165, 1.54) is 24.5 Å². The third-order valence-electron chi connectivity index (χ3n) is 3.81. The molecule has 0 unspecified atom stereocenters. The first-order valence-corrected chi connectivity index (χ1v) is 7.90. The summed E-state index contributed by atoms with van der Waals surface area (Å²) in [5.41, 5.74) is 1.39. The molecule has 0 radical (unpaired) electrons. The Labute approximate surface area is 139 Å². The summed E-state index contributed by atoms with van der Waals surface area (Å²) in [6.07, 6.45) is 3.70. The molecule has 1 saturated heterocycles. The molecular formula is C17H19FN4O2. The molecule has 1 aromatic carbocycles. The maximum absolute atomic E-state index is 12.8. The van der Waals surface area contributed by atoms with Gasteiger partial charge in [0.1, 0.15) is 5.82 Å². The van der Waals surface area contributed by atoms with E-state index in [0.29, 0.717) is 37.7 Å². The number of morpholine rings is 1. The number of hydrogen-bond donors (Lipinski definition) is 1. The Balaban J connectivity index is 1.50. The van der Waals surface area contributed by atoms with Crippen LogP contribution in [0.4, 0.5) is 10.3 Å². The van der Waals surface area contributed by atoms with Gasteiger partial charge in [-0.05, 0) is 24.1 Å². The zero-order valence-corrected chi connectivity index (χ0v) is 13.2. The fourth-order valence-corrected chi connectivity index (χ4v) is 2.44. The number of anilines is 1. The van der Waals surface area contributed by atoms with Crippen LogP contribution in [0.1, 0.15) is 15.9 Å². The number of rotatable bonds is 5. The molecule has 126 valence electrons. The SMILES string of the molecule is O=C(NCCc1ccc(F)cc1)c1cnc(N2CCOCC2)nc1. The summed E-state index contributed by atoms with van der Waals surface area (Å²) in [5, 5.41) is 2.81. The molecule has 0 atom stereocenters. The average Bonchev–Trinajstić information content (AvgIpc) is 2.64. The van der Waals surface area contributed by atoms with E-state index in [1.54, 1.807) is 12.1 Å². The molecule has 7 heteroatoms. The van der Waals surface area contributed by atoms with Crippen LogP contribution in [-0.2, 0) is 11.2 Å². The first-order chi connectivity index (χ1) is 11.7. The second-order valence-corrected chi connectivity index (χ2v) is 5.50. The van der Waals surface area contributed by atoms with Crippen LogP contribution in [0.5, 0.6) is 0 Å². The van der Waals surface area contributed by atoms with Crippen LogP contribution in [0, 0.1) is 5.82 Å². The van der Waals surface area contributed by atoms with E-state index in [1.807, 2.05) is 4.90 Å². The lowest BCUT2D eigenvalue weighted by atomic mass is 10.1. The minimum atomic E-state index is -0.264. The lowest BCUT2D eigenvalue weighted by Gasteiger charge is -2.26. The number of carbonyl (C=O) groups excluding carboxylic acids is 1. The highest BCUT2D eigenvalue weighted by atomic mass is 19.1. The predicted octanol–water partition coefficient (Wildman–Crippen LogP) is 1.42. The number of halogens is 1. The molecule has 1 N–H and O–H groups in total. The van der Waals surface area contributed by atoms with Crippen molar-refractivity contribution < 1.29 is 13.9 Å². The van der Waals surface area contributed by atoms with Gasteiger partial charge in [0.25, 0.3) is 5.91 Å². The maximum Gasteiger partial charge on any atom is 0.254 e. The van der Waals surface area contributed by atoms with Gasteiger partial charge in [-0.3, -0.25) is 4.79 Å². The van der Waals surface area contributed by atoms with Gasteiger partial charge >= 0.3 is 0 Å². The number of amides is 1. The number of aromatic nitrogens is 2. The van der Waals surface area contributed by atoms with E-state index in [4.69, 9.17) is 4.74 Å². The van der Waals surface area contributed by atoms with Gasteiger partial charge in [0.2, 0.25) is 5.95 Å². The van der Waals surface area contributed by atoms with Crippen LogP contribution >= 0.6 is 0 Å². The summed E-state index contributed by atoms with van der Waals surface area (Å²) in [6, 6.07) is 6.24. The van der Waals surface area contributed by atoms with Crippen LogP contribution in [0.3, 0.4) is 0 Å². The second kappa shape index (κ2) is 7.83. The van der Waals surface area contributed by atoms with E-state index in [-0.39, 0.29) is 11.7 Å². The molecule has 0 bridgehead atoms. The van der Waals surface area contributed by atoms with E-state index in [0.717, 1.165) is 18.7 Å². The molecular weight excluding hydrogens is 311 g/mol. The van der Waals surface area contributed by atoms with Gasteiger partial charge in [-0.1, -0.05) is 12.1 Å². The molecule has 1 aliphatic rings. The first kappa shape index (κ1) is 16.3. The highest BCUT2D eigenvalue weighted by Crippen LogP contribution is 2.09. The number of ether oxygens (including phenoxy) is 1. The highest BCUT2D eigenvalue weighted by Gasteiger charge is 2.14. The molecule has 0 aliphatic carbocycles. The van der Waals surface area contributed by atoms with Gasteiger partial charge < -0.3 is 15.0 Å². The number of carbonyl (C=O) groups is 1. The predicted molar refractivity (Wildman–Crippen MR) is 87.5 cm³/mol. The minimum absolute atomic E-state index is 0.217. The molecule has 3 rings (SSSR count). The molecule has 2 heterocycles. The molecule has 24 heavy (non-hydrogen) atoms. The molecule has 0 spiro atoms. The number of nitrogens with zero attached hydrogens (tertiary/aromatic N) is 3. The Hall–Kier alpha value is -2.54. The summed E-state index contributed by atoms with van der Waals surface area (Å²) in [7, 11) is 0. The van der Waals surface area contributed by atoms with E-state index < -0.39 is 0 Å². The van der Waals surface area contributed by atoms with Crippen molar-refractivity contribution in [3.8, 4) is 0 Å². The van der Waals surface area contributed by atoms with Gasteiger partial charge in [0.15, 0.2) is 0 Å². The Bertz CT molecular complexity index is 670. The number of benzene rings is 1. The normalized spacial score (nSPS) is 14.5. The van der Waals surface area contributed by atoms with Gasteiger partial charge in [0.05, 0.1) is 18.8 Å². The third-order valence-corrected chi connectivity index (χ3v) is 3.81. The topological polar surface area (TPSA) is 67.4 Å². The van der Waals surface area contributed by atoms with Crippen molar-refractivity contribution in [2.75, 3.05) is 37.7 Å². The van der Waals surface area contributed by atoms with Crippen LogP contribution < -0.4 is 10.2 Å². The van der Waals surface area contributed by atoms with Gasteiger partial charge in [-0.15, -0.1) is 0 Å². The van der Waals surface area contributed by atoms with Crippen molar-refractivity contribution >= 4 is 11.9 Å². The molecule has 6 nitrogen and oxygen atoms in total. The molecule has 0 saturated carbocycles. The Morgan fingerprint density at radius 2 is 1.83 bits per heavy atom. The quantitative estimate of drug-likeness (QED) is 0.898. The number of nitrogens with one attached hydrogen (secondary N) is 1. The summed E-state index contributed by atoms with van der Waals surface area (Å²) in [5.74, 6) is 0.132. The summed E-state index contributed by atoms with van der Waals surface area (Å²) >= 11 is 0. The molecule has 1 aliphatic heterocycles. The Morgan fingerprint density at radius 1 is 1.17 bits per heavy atom. The van der Waals surface area contributed by atoms with Gasteiger partial charge in [0, 0.05) is 32.0 Å². The fourth-order valence-electron chi connectivity index (χ4n) is 2.44. The fraction of sp³-hybridized carbons (Fsp3) is 0.353. The standard InChI is InChI=1S/C17H19FN4O2/c18-15-3-1-13(2-4-15)5-6-19-16(23)14-11-20-17(21-12-14)22-7-9-24-10-8-22/h1-4,11-12H,5-10H2,(H,19,23). The zero-order valence-electron chi connectivity index (χ0n) is 13.2. The molecule has 1 fully saturated rings. The van der Waals surface area contributed by atoms with Crippen molar-refractivity contribution in [2.45, 2.75) is 6.42 Å². The first-order valence-electron chi connectivity index (χ1n) is 7.90. The summed E-state index contributed by atoms with van der Waals surface area (Å²) in [4.78, 5) is 22.6. The van der Waals surface area contributed by atoms with E-state index >= 15 is 0 Å². The average molecular weight is 330 g/mol. The lowest BCUT2D eigenvalue weighted by Crippen LogP contribution is -2.37. The molecule has 1 amide bonds. The lowest BCUT2D eigenvalue weighted by molar-refractivity contribution is 0.0953. The van der Waals surface area contributed by atoms with Crippen molar-refractivity contribution in [1.29, 1.82) is 0 Å². The van der Waals surface area contributed by atoms with Crippen molar-refractivity contribution in [3.05, 3.63) is 53.6 Å². The van der Waals surface area contributed by atoms with Crippen LogP contribution in [0.15, 0.2) is 36.7 Å². The van der Waals surface area contributed by atoms with Gasteiger partial charge in [-0.25, -0.2) is 14.4 Å². The smallest absolute Gasteiger partial charge is 0.254 e. The van der Waals surface area contributed by atoms with Crippen LogP contribution in [0.25, 0.3) is 0 Å². The largest absolute Gasteiger partial charge is 0.378 e. The summed E-state index contributed by atoms with van der Waals surface area (Å²) < 4.78 is 18.1. The van der Waals surface area contributed by atoms with Crippen molar-refractivity contribution in [2.24, 2.45) is 0 Å². The monoisotopic (exact) mass is 330 g/mol. The maximum atomic E-state index is 12.8. The Kier molecular flexibility index (Phi) is 5.32. The second-order valence-electron chi connectivity index (χ2n) is 5.50. The number of hydrogen-bond acceptors (Lipinski definition) is 5. The van der Waals surface area contributed by atoms with Crippen LogP contribution in [0.2, 0.25) is 0 Å². The summed E-state index contributed by atoms with van der Waals surface area (Å²) in [6.45, 7) is 3.30. The molecule has 2 aromatic rings. The van der Waals surface area contributed by atoms with E-state index in [2.05, 4.69) is 15.3 Å². The molecule has 1 aromatic heterocycles. The zero-order chi connectivity index (χ0) is 16.8. The third kappa shape index (κ3) is 4.26.